The van der Waals surface area contributed by atoms with E-state index < -0.39 is 22.0 Å². The predicted molar refractivity (Wildman–Crippen MR) is 141 cm³/mol. The van der Waals surface area contributed by atoms with Gasteiger partial charge in [-0.05, 0) is 12.8 Å². The molecule has 0 bridgehead atoms. The van der Waals surface area contributed by atoms with Crippen LogP contribution in [0.3, 0.4) is 0 Å². The molecule has 8 nitrogen and oxygen atoms in total. The van der Waals surface area contributed by atoms with Gasteiger partial charge in [-0.1, -0.05) is 89.7 Å². The van der Waals surface area contributed by atoms with Crippen molar-refractivity contribution in [3.63, 3.8) is 0 Å². The number of allylic oxidation sites excluding steroid dienone is 2. The topological polar surface area (TPSA) is 124 Å². The second kappa shape index (κ2) is 18.2. The number of quaternary nitrogens is 1. The van der Waals surface area contributed by atoms with Gasteiger partial charge in [0, 0.05) is 6.42 Å². The molecule has 0 amide bonds. The molecule has 204 valence electrons. The van der Waals surface area contributed by atoms with E-state index in [0.717, 1.165) is 12.8 Å². The van der Waals surface area contributed by atoms with Crippen LogP contribution < -0.4 is 0 Å². The molecule has 9 heteroatoms. The van der Waals surface area contributed by atoms with Crippen LogP contribution in [0.5, 0.6) is 0 Å². The van der Waals surface area contributed by atoms with Crippen LogP contribution in [0.4, 0.5) is 0 Å². The zero-order chi connectivity index (χ0) is 26.0. The summed E-state index contributed by atoms with van der Waals surface area (Å²) in [7, 11) is -4.34. The number of unbranched alkanes of at least 4 members (excludes halogenated alkanes) is 12. The van der Waals surface area contributed by atoms with Gasteiger partial charge in [0.1, 0.15) is 31.5 Å². The van der Waals surface area contributed by atoms with E-state index in [2.05, 4.69) is 11.9 Å². The van der Waals surface area contributed by atoms with Gasteiger partial charge in [0.15, 0.2) is 0 Å². The van der Waals surface area contributed by atoms with Crippen molar-refractivity contribution in [2.24, 2.45) is 4.99 Å². The maximum Gasteiger partial charge on any atom is 0.267 e. The molecule has 3 N–H and O–H groups in total. The lowest BCUT2D eigenvalue weighted by Gasteiger charge is -2.34. The predicted octanol–water partition coefficient (Wildman–Crippen LogP) is 4.06. The Labute approximate surface area is 212 Å². The lowest BCUT2D eigenvalue weighted by Crippen LogP contribution is -2.59. The first-order chi connectivity index (χ1) is 16.7. The van der Waals surface area contributed by atoms with E-state index in [4.69, 9.17) is 4.55 Å². The number of aliphatic imine (C=N–C) groups is 1. The average molecular weight is 518 g/mol. The fourth-order valence-corrected chi connectivity index (χ4v) is 5.43. The normalized spacial score (nSPS) is 19.4. The van der Waals surface area contributed by atoms with Crippen LogP contribution >= 0.6 is 0 Å². The first-order valence-electron chi connectivity index (χ1n) is 13.6. The molecule has 0 aromatic carbocycles. The van der Waals surface area contributed by atoms with Crippen LogP contribution in [0.15, 0.2) is 17.1 Å². The van der Waals surface area contributed by atoms with E-state index in [9.17, 15) is 23.4 Å². The molecule has 2 unspecified atom stereocenters. The first-order valence-corrected chi connectivity index (χ1v) is 15.2. The summed E-state index contributed by atoms with van der Waals surface area (Å²) in [6, 6.07) is 0. The third kappa shape index (κ3) is 14.3. The first kappa shape index (κ1) is 31.9. The summed E-state index contributed by atoms with van der Waals surface area (Å²) in [6.07, 6.45) is 19.4. The molecule has 2 atom stereocenters. The number of rotatable bonds is 22. The van der Waals surface area contributed by atoms with Gasteiger partial charge < -0.3 is 10.2 Å². The van der Waals surface area contributed by atoms with E-state index in [1.54, 1.807) is 0 Å². The van der Waals surface area contributed by atoms with Crippen molar-refractivity contribution >= 4 is 21.7 Å². The van der Waals surface area contributed by atoms with Crippen molar-refractivity contribution in [2.45, 2.75) is 103 Å². The van der Waals surface area contributed by atoms with E-state index in [1.165, 1.54) is 70.6 Å². The molecule has 0 radical (unpaired) electrons. The van der Waals surface area contributed by atoms with Crippen molar-refractivity contribution in [2.75, 3.05) is 38.5 Å². The standard InChI is InChI=1S/C26H48N2O6S/c1-2-3-4-5-6-7-8-9-10-11-12-13-14-15-16-17-25(31)26-27-18-19-28(26,20-21-29)22-24(30)23-35(32,33)34/h15-16,24,29-30H,2-14,17-23H2,1H3/p+1/b16-15+. The van der Waals surface area contributed by atoms with Crippen LogP contribution in [-0.2, 0) is 14.9 Å². The second-order valence-electron chi connectivity index (χ2n) is 9.88. The molecule has 1 aliphatic rings. The third-order valence-electron chi connectivity index (χ3n) is 6.67. The molecule has 0 fully saturated rings. The molecule has 1 rings (SSSR count). The molecular formula is C26H49N2O6S+. The number of Topliss-reactive ketones (excluding diaryl/α,β-unsaturated/α-hetero) is 1. The summed E-state index contributed by atoms with van der Waals surface area (Å²) in [4.78, 5) is 17.1. The largest absolute Gasteiger partial charge is 0.390 e. The van der Waals surface area contributed by atoms with Gasteiger partial charge in [-0.25, -0.2) is 4.99 Å². The molecule has 0 saturated carbocycles. The Morgan fingerprint density at radius 2 is 1.57 bits per heavy atom. The van der Waals surface area contributed by atoms with E-state index in [0.29, 0.717) is 13.1 Å². The lowest BCUT2D eigenvalue weighted by molar-refractivity contribution is -0.837. The van der Waals surface area contributed by atoms with Crippen molar-refractivity contribution in [1.82, 2.24) is 0 Å². The highest BCUT2D eigenvalue weighted by molar-refractivity contribution is 7.85. The number of aliphatic hydroxyl groups excluding tert-OH is 2. The summed E-state index contributed by atoms with van der Waals surface area (Å²) in [6.45, 7) is 2.89. The molecule has 0 aromatic heterocycles. The van der Waals surface area contributed by atoms with Crippen LogP contribution in [0.2, 0.25) is 0 Å². The van der Waals surface area contributed by atoms with E-state index >= 15 is 0 Å². The minimum absolute atomic E-state index is 0.0569. The summed E-state index contributed by atoms with van der Waals surface area (Å²) < 4.78 is 31.1. The molecule has 0 saturated heterocycles. The fourth-order valence-electron chi connectivity index (χ4n) is 4.84. The van der Waals surface area contributed by atoms with Crippen LogP contribution in [0.1, 0.15) is 96.8 Å². The summed E-state index contributed by atoms with van der Waals surface area (Å²) in [5.41, 5.74) is 0. The van der Waals surface area contributed by atoms with Crippen molar-refractivity contribution in [3.05, 3.63) is 12.2 Å². The summed E-state index contributed by atoms with van der Waals surface area (Å²) in [5, 5.41) is 19.6. The zero-order valence-electron chi connectivity index (χ0n) is 21.7. The monoisotopic (exact) mass is 517 g/mol. The Balaban J connectivity index is 2.27. The molecular weight excluding hydrogens is 468 g/mol. The highest BCUT2D eigenvalue weighted by atomic mass is 32.2. The summed E-state index contributed by atoms with van der Waals surface area (Å²) in [5.74, 6) is -0.719. The average Bonchev–Trinajstić information content (AvgIpc) is 3.18. The Hall–Kier alpha value is -1.13. The summed E-state index contributed by atoms with van der Waals surface area (Å²) >= 11 is 0. The van der Waals surface area contributed by atoms with Gasteiger partial charge in [0.05, 0.1) is 13.2 Å². The Bertz CT molecular complexity index is 753. The Morgan fingerprint density at radius 3 is 2.11 bits per heavy atom. The SMILES string of the molecule is CCCCCCCCCCCCCC/C=C/CC(=O)C1=NCC[N+]1(CCO)CC(O)CS(=O)(=O)O. The zero-order valence-corrected chi connectivity index (χ0v) is 22.6. The van der Waals surface area contributed by atoms with E-state index in [1.807, 2.05) is 12.2 Å². The molecule has 1 heterocycles. The van der Waals surface area contributed by atoms with Crippen LogP contribution in [0, 0.1) is 0 Å². The highest BCUT2D eigenvalue weighted by Gasteiger charge is 2.43. The number of amidine groups is 1. The Kier molecular flexibility index (Phi) is 16.6. The molecule has 1 aliphatic heterocycles. The smallest absolute Gasteiger partial charge is 0.267 e. The number of carbonyl (C=O) groups is 1. The van der Waals surface area contributed by atoms with Gasteiger partial charge in [0.2, 0.25) is 5.78 Å². The van der Waals surface area contributed by atoms with Gasteiger partial charge in [0.25, 0.3) is 16.0 Å². The number of ketones is 1. The lowest BCUT2D eigenvalue weighted by atomic mass is 10.0. The quantitative estimate of drug-likeness (QED) is 0.0861. The fraction of sp³-hybridized carbons (Fsp3) is 0.846. The van der Waals surface area contributed by atoms with E-state index in [-0.39, 0.29) is 42.2 Å². The molecule has 35 heavy (non-hydrogen) atoms. The number of carbonyl (C=O) groups excluding carboxylic acids is 1. The molecule has 0 aromatic rings. The number of hydrogen-bond acceptors (Lipinski definition) is 6. The van der Waals surface area contributed by atoms with Crippen LogP contribution in [-0.4, -0.2) is 83.9 Å². The maximum atomic E-state index is 12.8. The Morgan fingerprint density at radius 1 is 1.00 bits per heavy atom. The van der Waals surface area contributed by atoms with Crippen molar-refractivity contribution in [3.8, 4) is 0 Å². The van der Waals surface area contributed by atoms with Crippen LogP contribution in [0.25, 0.3) is 0 Å². The number of nitrogens with zero attached hydrogens (tertiary/aromatic N) is 2. The van der Waals surface area contributed by atoms with Gasteiger partial charge in [-0.3, -0.25) is 13.8 Å². The van der Waals surface area contributed by atoms with Gasteiger partial charge in [-0.2, -0.15) is 8.42 Å². The van der Waals surface area contributed by atoms with Gasteiger partial charge >= 0.3 is 0 Å². The number of aliphatic hydroxyl groups is 2. The third-order valence-corrected chi connectivity index (χ3v) is 7.48. The van der Waals surface area contributed by atoms with Gasteiger partial charge in [-0.15, -0.1) is 0 Å². The highest BCUT2D eigenvalue weighted by Crippen LogP contribution is 2.19. The number of hydrogen-bond donors (Lipinski definition) is 3. The minimum atomic E-state index is -4.34. The second-order valence-corrected chi connectivity index (χ2v) is 11.4. The molecule has 0 aliphatic carbocycles. The van der Waals surface area contributed by atoms with Crippen molar-refractivity contribution < 1.29 is 32.5 Å². The maximum absolute atomic E-state index is 12.8. The molecule has 0 spiro atoms. The minimum Gasteiger partial charge on any atom is -0.390 e. The van der Waals surface area contributed by atoms with Crippen molar-refractivity contribution in [1.29, 1.82) is 0 Å².